The van der Waals surface area contributed by atoms with Crippen LogP contribution >= 0.6 is 0 Å². The van der Waals surface area contributed by atoms with Crippen LogP contribution in [0.2, 0.25) is 0 Å². The molecule has 5 atom stereocenters. The molecule has 4 aliphatic carbocycles. The molecule has 4 rings (SSSR count). The molecule has 0 aromatic carbocycles. The van der Waals surface area contributed by atoms with Gasteiger partial charge in [-0.25, -0.2) is 4.79 Å². The van der Waals surface area contributed by atoms with Gasteiger partial charge in [-0.15, -0.1) is 0 Å². The number of carboxylic acid groups (broad SMARTS) is 1. The maximum Gasteiger partial charge on any atom is 0.404 e. The molecule has 4 nitrogen and oxygen atoms in total. The third kappa shape index (κ3) is 1.96. The van der Waals surface area contributed by atoms with Crippen LogP contribution in [0, 0.1) is 17.8 Å². The van der Waals surface area contributed by atoms with Gasteiger partial charge in [-0.1, -0.05) is 0 Å². The van der Waals surface area contributed by atoms with Crippen molar-refractivity contribution in [2.75, 3.05) is 0 Å². The minimum atomic E-state index is -2.73. The molecule has 0 saturated heterocycles. The van der Waals surface area contributed by atoms with Crippen molar-refractivity contribution in [1.29, 1.82) is 0 Å². The lowest BCUT2D eigenvalue weighted by atomic mass is 9.52. The van der Waals surface area contributed by atoms with Crippen molar-refractivity contribution < 1.29 is 23.4 Å². The first kappa shape index (κ1) is 12.1. The zero-order valence-corrected chi connectivity index (χ0v) is 9.94. The predicted molar refractivity (Wildman–Crippen MR) is 58.3 cm³/mol. The van der Waals surface area contributed by atoms with E-state index in [9.17, 15) is 13.6 Å². The third-order valence-electron chi connectivity index (χ3n) is 4.85. The van der Waals surface area contributed by atoms with Gasteiger partial charge in [-0.05, 0) is 49.9 Å². The minimum absolute atomic E-state index is 0.0755. The van der Waals surface area contributed by atoms with E-state index in [2.05, 4.69) is 5.32 Å². The van der Waals surface area contributed by atoms with Gasteiger partial charge < -0.3 is 15.2 Å². The van der Waals surface area contributed by atoms with E-state index in [1.807, 2.05) is 0 Å². The van der Waals surface area contributed by atoms with Crippen molar-refractivity contribution in [3.8, 4) is 0 Å². The van der Waals surface area contributed by atoms with Crippen LogP contribution in [-0.4, -0.2) is 29.5 Å². The maximum atomic E-state index is 12.5. The Kier molecular flexibility index (Phi) is 2.73. The molecule has 4 bridgehead atoms. The second-order valence-corrected chi connectivity index (χ2v) is 6.01. The molecule has 4 fully saturated rings. The van der Waals surface area contributed by atoms with Gasteiger partial charge in [0.1, 0.15) is 0 Å². The minimum Gasteiger partial charge on any atom is -0.465 e. The Morgan fingerprint density at radius 1 is 1.28 bits per heavy atom. The average Bonchev–Trinajstić information content (AvgIpc) is 2.20. The molecule has 2 N–H and O–H groups in total. The smallest absolute Gasteiger partial charge is 0.404 e. The van der Waals surface area contributed by atoms with Crippen LogP contribution in [-0.2, 0) is 4.74 Å². The lowest BCUT2D eigenvalue weighted by Crippen LogP contribution is -2.62. The van der Waals surface area contributed by atoms with Gasteiger partial charge in [-0.2, -0.15) is 8.78 Å². The van der Waals surface area contributed by atoms with Gasteiger partial charge in [-0.3, -0.25) is 0 Å². The molecule has 0 radical (unpaired) electrons. The summed E-state index contributed by atoms with van der Waals surface area (Å²) in [5, 5.41) is 11.4. The summed E-state index contributed by atoms with van der Waals surface area (Å²) in [4.78, 5) is 10.8. The Morgan fingerprint density at radius 3 is 2.39 bits per heavy atom. The number of alkyl halides is 2. The molecule has 4 aliphatic rings. The molecule has 18 heavy (non-hydrogen) atoms. The van der Waals surface area contributed by atoms with Crippen molar-refractivity contribution in [2.24, 2.45) is 17.8 Å². The molecule has 6 heteroatoms. The van der Waals surface area contributed by atoms with Gasteiger partial charge in [0.25, 0.3) is 0 Å². The van der Waals surface area contributed by atoms with E-state index in [0.29, 0.717) is 25.2 Å². The van der Waals surface area contributed by atoms with Crippen LogP contribution in [0.3, 0.4) is 0 Å². The number of rotatable bonds is 3. The van der Waals surface area contributed by atoms with Crippen LogP contribution in [0.1, 0.15) is 32.1 Å². The predicted octanol–water partition coefficient (Wildman–Crippen LogP) is 2.44. The monoisotopic (exact) mass is 261 g/mol. The van der Waals surface area contributed by atoms with E-state index in [4.69, 9.17) is 9.84 Å². The summed E-state index contributed by atoms with van der Waals surface area (Å²) in [6, 6.07) is -0.0755. The second-order valence-electron chi connectivity index (χ2n) is 6.01. The summed E-state index contributed by atoms with van der Waals surface area (Å²) in [6.07, 6.45) is 2.71. The SMILES string of the molecule is O=C(O)NC1[C@@H]2CC3C[C@H]1CC(OC(F)F)(C3)C2. The van der Waals surface area contributed by atoms with Gasteiger partial charge in [0, 0.05) is 6.04 Å². The van der Waals surface area contributed by atoms with Crippen LogP contribution in [0.4, 0.5) is 13.6 Å². The Morgan fingerprint density at radius 2 is 1.89 bits per heavy atom. The summed E-state index contributed by atoms with van der Waals surface area (Å²) in [5.41, 5.74) is -0.693. The lowest BCUT2D eigenvalue weighted by molar-refractivity contribution is -0.260. The average molecular weight is 261 g/mol. The molecule has 0 aromatic rings. The highest BCUT2D eigenvalue weighted by molar-refractivity contribution is 5.65. The van der Waals surface area contributed by atoms with Crippen LogP contribution < -0.4 is 5.32 Å². The summed E-state index contributed by atoms with van der Waals surface area (Å²) in [5.74, 6) is 0.741. The van der Waals surface area contributed by atoms with E-state index in [1.165, 1.54) is 0 Å². The largest absolute Gasteiger partial charge is 0.465 e. The summed E-state index contributed by atoms with van der Waals surface area (Å²) in [6.45, 7) is -2.73. The molecular formula is C12H17F2NO3. The molecule has 1 amide bonds. The second kappa shape index (κ2) is 4.05. The van der Waals surface area contributed by atoms with Crippen molar-refractivity contribution in [3.63, 3.8) is 0 Å². The fraction of sp³-hybridized carbons (Fsp3) is 0.917. The summed E-state index contributed by atoms with van der Waals surface area (Å²) >= 11 is 0. The quantitative estimate of drug-likeness (QED) is 0.820. The van der Waals surface area contributed by atoms with Crippen molar-refractivity contribution in [3.05, 3.63) is 0 Å². The van der Waals surface area contributed by atoms with E-state index >= 15 is 0 Å². The van der Waals surface area contributed by atoms with E-state index < -0.39 is 18.3 Å². The Bertz CT molecular complexity index is 343. The van der Waals surface area contributed by atoms with Crippen LogP contribution in [0.25, 0.3) is 0 Å². The van der Waals surface area contributed by atoms with Gasteiger partial charge in [0.05, 0.1) is 5.60 Å². The maximum absolute atomic E-state index is 12.5. The molecule has 0 aliphatic heterocycles. The topological polar surface area (TPSA) is 58.6 Å². The number of ether oxygens (including phenoxy) is 1. The van der Waals surface area contributed by atoms with Crippen LogP contribution in [0.5, 0.6) is 0 Å². The Hall–Kier alpha value is -0.910. The zero-order valence-electron chi connectivity index (χ0n) is 9.94. The van der Waals surface area contributed by atoms with E-state index in [-0.39, 0.29) is 17.9 Å². The molecule has 3 unspecified atom stereocenters. The van der Waals surface area contributed by atoms with Crippen LogP contribution in [0.15, 0.2) is 0 Å². The summed E-state index contributed by atoms with van der Waals surface area (Å²) < 4.78 is 29.9. The molecule has 0 heterocycles. The normalized spacial score (nSPS) is 45.5. The number of nitrogens with one attached hydrogen (secondary N) is 1. The third-order valence-corrected chi connectivity index (χ3v) is 4.85. The fourth-order valence-electron chi connectivity index (χ4n) is 4.66. The van der Waals surface area contributed by atoms with Crippen molar-refractivity contribution in [2.45, 2.75) is 50.4 Å². The van der Waals surface area contributed by atoms with Gasteiger partial charge in [0.2, 0.25) is 0 Å². The molecule has 102 valence electrons. The highest BCUT2D eigenvalue weighted by atomic mass is 19.3. The molecule has 4 saturated carbocycles. The molecule has 0 spiro atoms. The number of amides is 1. The number of hydrogen-bond donors (Lipinski definition) is 2. The highest BCUT2D eigenvalue weighted by Gasteiger charge is 2.57. The zero-order chi connectivity index (χ0) is 12.9. The Balaban J connectivity index is 1.77. The number of hydrogen-bond acceptors (Lipinski definition) is 2. The first-order chi connectivity index (χ1) is 8.47. The van der Waals surface area contributed by atoms with E-state index in [1.54, 1.807) is 0 Å². The first-order valence-electron chi connectivity index (χ1n) is 6.43. The number of halogens is 2. The fourth-order valence-corrected chi connectivity index (χ4v) is 4.66. The van der Waals surface area contributed by atoms with E-state index in [0.717, 1.165) is 12.8 Å². The van der Waals surface area contributed by atoms with Crippen molar-refractivity contribution >= 4 is 6.09 Å². The molecule has 0 aromatic heterocycles. The van der Waals surface area contributed by atoms with Gasteiger partial charge >= 0.3 is 12.7 Å². The van der Waals surface area contributed by atoms with Crippen molar-refractivity contribution in [1.82, 2.24) is 5.32 Å². The Labute approximate surface area is 104 Å². The molecular weight excluding hydrogens is 244 g/mol. The van der Waals surface area contributed by atoms with Gasteiger partial charge in [0.15, 0.2) is 0 Å². The first-order valence-corrected chi connectivity index (χ1v) is 6.43. The lowest BCUT2D eigenvalue weighted by Gasteiger charge is -2.59. The highest BCUT2D eigenvalue weighted by Crippen LogP contribution is 2.57. The number of carbonyl (C=O) groups is 1. The summed E-state index contributed by atoms with van der Waals surface area (Å²) in [7, 11) is 0. The standard InChI is InChI=1S/C12H17F2NO3/c13-10(14)18-12-3-6-1-7(4-12)9(15-11(16)17)8(2-6)5-12/h6-10,15H,1-5H2,(H,16,17)/t6?,7-,8+,9?,12?.